The number of nitrogens with one attached hydrogen (secondary N) is 2. The van der Waals surface area contributed by atoms with Gasteiger partial charge in [0.25, 0.3) is 11.4 Å². The highest BCUT2D eigenvalue weighted by molar-refractivity contribution is 6.15. The number of carbonyl (C=O) groups excluding carboxylic acids is 3. The van der Waals surface area contributed by atoms with E-state index < -0.39 is 27.9 Å². The molecule has 4 rings (SSSR count). The lowest BCUT2D eigenvalue weighted by atomic mass is 9.93. The summed E-state index contributed by atoms with van der Waals surface area (Å²) in [5.41, 5.74) is 2.09. The Morgan fingerprint density at radius 2 is 1.30 bits per heavy atom. The molecule has 1 aliphatic heterocycles. The third-order valence-corrected chi connectivity index (χ3v) is 8.03. The van der Waals surface area contributed by atoms with Crippen molar-refractivity contribution in [1.29, 1.82) is 0 Å². The predicted molar refractivity (Wildman–Crippen MR) is 185 cm³/mol. The van der Waals surface area contributed by atoms with E-state index in [0.717, 1.165) is 12.0 Å². The average molecular weight is 684 g/mol. The molecule has 260 valence electrons. The van der Waals surface area contributed by atoms with Crippen LogP contribution < -0.4 is 10.6 Å². The van der Waals surface area contributed by atoms with E-state index in [4.69, 9.17) is 5.11 Å². The fourth-order valence-corrected chi connectivity index (χ4v) is 5.48. The van der Waals surface area contributed by atoms with E-state index in [1.807, 2.05) is 30.3 Å². The number of Topliss-reactive ketones (excluding diaryl/α,β-unsaturated/α-hetero) is 1. The molecule has 1 fully saturated rings. The minimum Gasteiger partial charge on any atom is -0.465 e. The van der Waals surface area contributed by atoms with Crippen LogP contribution in [0, 0.1) is 20.2 Å². The number of piperidine rings is 1. The van der Waals surface area contributed by atoms with Crippen LogP contribution in [0.5, 0.6) is 0 Å². The molecule has 3 aromatic carbocycles. The summed E-state index contributed by atoms with van der Waals surface area (Å²) in [5, 5.41) is 36.2. The largest absolute Gasteiger partial charge is 0.465 e. The van der Waals surface area contributed by atoms with Gasteiger partial charge in [0.05, 0.1) is 9.85 Å². The molecule has 0 bridgehead atoms. The molecule has 14 nitrogen and oxygen atoms in total. The summed E-state index contributed by atoms with van der Waals surface area (Å²) >= 11 is 0. The first-order valence-corrected chi connectivity index (χ1v) is 16.0. The number of hydrogen-bond donors (Lipinski definition) is 3. The van der Waals surface area contributed by atoms with Gasteiger partial charge in [-0.05, 0) is 65.9 Å². The van der Waals surface area contributed by atoms with Crippen molar-refractivity contribution in [2.24, 2.45) is 0 Å². The van der Waals surface area contributed by atoms with Crippen molar-refractivity contribution in [3.8, 4) is 0 Å². The molecule has 1 aliphatic rings. The molecule has 0 saturated carbocycles. The molecule has 3 aromatic rings. The Morgan fingerprint density at radius 1 is 0.780 bits per heavy atom. The maximum absolute atomic E-state index is 14.2. The number of nitro groups is 2. The van der Waals surface area contributed by atoms with E-state index in [0.29, 0.717) is 36.9 Å². The monoisotopic (exact) mass is 683 g/mol. The summed E-state index contributed by atoms with van der Waals surface area (Å²) in [6, 6.07) is 19.5. The zero-order valence-electron chi connectivity index (χ0n) is 27.2. The molecule has 14 heteroatoms. The maximum Gasteiger partial charge on any atom is 0.404 e. The highest BCUT2D eigenvalue weighted by Gasteiger charge is 2.33. The van der Waals surface area contributed by atoms with E-state index in [2.05, 4.69) is 10.6 Å². The number of nitro benzene ring substituents is 2. The number of carbonyl (C=O) groups is 4. The second-order valence-corrected chi connectivity index (χ2v) is 11.8. The van der Waals surface area contributed by atoms with Crippen molar-refractivity contribution < 1.29 is 34.1 Å². The van der Waals surface area contributed by atoms with E-state index in [9.17, 15) is 39.4 Å². The molecule has 3 N–H and O–H groups in total. The van der Waals surface area contributed by atoms with Gasteiger partial charge in [0.2, 0.25) is 11.8 Å². The second kappa shape index (κ2) is 17.8. The van der Waals surface area contributed by atoms with Crippen LogP contribution in [0.3, 0.4) is 0 Å². The van der Waals surface area contributed by atoms with E-state index in [1.165, 1.54) is 53.4 Å². The minimum absolute atomic E-state index is 0.0855. The van der Waals surface area contributed by atoms with Crippen LogP contribution in [0.1, 0.15) is 48.8 Å². The topological polar surface area (TPSA) is 202 Å². The molecule has 50 heavy (non-hydrogen) atoms. The molecule has 0 radical (unpaired) electrons. The fourth-order valence-electron chi connectivity index (χ4n) is 5.48. The maximum atomic E-state index is 14.2. The fraction of sp³-hybridized carbons (Fsp3) is 0.278. The smallest absolute Gasteiger partial charge is 0.404 e. The van der Waals surface area contributed by atoms with E-state index >= 15 is 0 Å². The van der Waals surface area contributed by atoms with Crippen LogP contribution in [0.25, 0.3) is 12.2 Å². The van der Waals surface area contributed by atoms with Crippen LogP contribution in [0.4, 0.5) is 16.2 Å². The van der Waals surface area contributed by atoms with Gasteiger partial charge in [-0.15, -0.1) is 0 Å². The van der Waals surface area contributed by atoms with Crippen LogP contribution in [-0.4, -0.2) is 69.2 Å². The van der Waals surface area contributed by atoms with Crippen molar-refractivity contribution in [3.63, 3.8) is 0 Å². The highest BCUT2D eigenvalue weighted by Crippen LogP contribution is 2.25. The van der Waals surface area contributed by atoms with Crippen LogP contribution in [0.15, 0.2) is 90.0 Å². The van der Waals surface area contributed by atoms with Gasteiger partial charge in [-0.25, -0.2) is 4.79 Å². The first kappa shape index (κ1) is 36.7. The Bertz CT molecular complexity index is 1690. The molecule has 0 aliphatic carbocycles. The lowest BCUT2D eigenvalue weighted by Gasteiger charge is -2.33. The Balaban J connectivity index is 1.58. The lowest BCUT2D eigenvalue weighted by molar-refractivity contribution is -0.385. The van der Waals surface area contributed by atoms with Crippen molar-refractivity contribution in [2.45, 2.75) is 44.6 Å². The highest BCUT2D eigenvalue weighted by atomic mass is 16.6. The molecule has 0 aromatic heterocycles. The number of amides is 3. The van der Waals surface area contributed by atoms with Gasteiger partial charge in [-0.3, -0.25) is 34.6 Å². The first-order valence-electron chi connectivity index (χ1n) is 16.0. The third kappa shape index (κ3) is 10.9. The Hall–Kier alpha value is -6.18. The summed E-state index contributed by atoms with van der Waals surface area (Å²) in [6.45, 7) is 0.157. The summed E-state index contributed by atoms with van der Waals surface area (Å²) in [6.07, 6.45) is 5.02. The quantitative estimate of drug-likeness (QED) is 0.0819. The SMILES string of the molecule is O=C(O)NCCCCCCC(=O)NC(Cc1ccccc1)C(=O)N1C/C(=C\c2ccc([N+](=O)[O-])cc2)C(=O)/C(=C/c2ccc([N+](=O)[O-])cc2)C1. The Kier molecular flexibility index (Phi) is 13.1. The van der Waals surface area contributed by atoms with Gasteiger partial charge >= 0.3 is 6.09 Å². The van der Waals surface area contributed by atoms with Gasteiger partial charge in [0.1, 0.15) is 6.04 Å². The number of nitrogens with zero attached hydrogens (tertiary/aromatic N) is 3. The molecule has 3 amide bonds. The van der Waals surface area contributed by atoms with Gasteiger partial charge in [-0.1, -0.05) is 43.2 Å². The van der Waals surface area contributed by atoms with Gasteiger partial charge in [-0.2, -0.15) is 0 Å². The van der Waals surface area contributed by atoms with Gasteiger partial charge < -0.3 is 20.6 Å². The van der Waals surface area contributed by atoms with Crippen molar-refractivity contribution >= 4 is 47.2 Å². The van der Waals surface area contributed by atoms with Gasteiger partial charge in [0, 0.05) is 67.9 Å². The van der Waals surface area contributed by atoms with Crippen LogP contribution in [0.2, 0.25) is 0 Å². The Morgan fingerprint density at radius 3 is 1.80 bits per heavy atom. The van der Waals surface area contributed by atoms with Crippen molar-refractivity contribution in [2.75, 3.05) is 19.6 Å². The summed E-state index contributed by atoms with van der Waals surface area (Å²) < 4.78 is 0. The molecular formula is C36H37N5O9. The number of hydrogen-bond acceptors (Lipinski definition) is 8. The van der Waals surface area contributed by atoms with Crippen LogP contribution in [-0.2, 0) is 20.8 Å². The number of ketones is 1. The number of likely N-dealkylation sites (tertiary alicyclic amines) is 1. The van der Waals surface area contributed by atoms with Crippen molar-refractivity contribution in [1.82, 2.24) is 15.5 Å². The average Bonchev–Trinajstić information content (AvgIpc) is 3.09. The third-order valence-electron chi connectivity index (χ3n) is 8.03. The second-order valence-electron chi connectivity index (χ2n) is 11.8. The zero-order valence-corrected chi connectivity index (χ0v) is 27.2. The zero-order chi connectivity index (χ0) is 36.0. The normalized spacial score (nSPS) is 15.0. The molecule has 0 spiro atoms. The number of benzene rings is 3. The number of unbranched alkanes of at least 4 members (excludes halogenated alkanes) is 3. The van der Waals surface area contributed by atoms with E-state index in [-0.39, 0.29) is 60.1 Å². The number of carboxylic acid groups (broad SMARTS) is 1. The molecule has 1 unspecified atom stereocenters. The van der Waals surface area contributed by atoms with Gasteiger partial charge in [0.15, 0.2) is 5.78 Å². The summed E-state index contributed by atoms with van der Waals surface area (Å²) in [4.78, 5) is 74.3. The molecule has 1 saturated heterocycles. The van der Waals surface area contributed by atoms with E-state index in [1.54, 1.807) is 12.2 Å². The number of rotatable bonds is 15. The Labute approximate surface area is 287 Å². The summed E-state index contributed by atoms with van der Waals surface area (Å²) in [5.74, 6) is -1.09. The number of non-ortho nitro benzene ring substituents is 2. The molecular weight excluding hydrogens is 646 g/mol. The predicted octanol–water partition coefficient (Wildman–Crippen LogP) is 5.33. The summed E-state index contributed by atoms with van der Waals surface area (Å²) in [7, 11) is 0. The molecule has 1 atom stereocenters. The van der Waals surface area contributed by atoms with Crippen molar-refractivity contribution in [3.05, 3.63) is 127 Å². The lowest BCUT2D eigenvalue weighted by Crippen LogP contribution is -2.52. The first-order chi connectivity index (χ1) is 24.0. The minimum atomic E-state index is -1.08. The van der Waals surface area contributed by atoms with Crippen LogP contribution >= 0.6 is 0 Å². The molecule has 1 heterocycles. The standard InChI is InChI=1S/C36H37N5O9/c42-33(10-6-1-2-7-19-37-36(45)46)38-32(22-25-8-4-3-5-9-25)35(44)39-23-28(20-26-11-15-30(16-12-26)40(47)48)34(43)29(24-39)21-27-13-17-31(18-14-27)41(49)50/h3-5,8-9,11-18,20-21,32,37H,1-2,6-7,10,19,22-24H2,(H,38,42)(H,45,46)/b28-20+,29-21+.